The highest BCUT2D eigenvalue weighted by molar-refractivity contribution is 6.03. The van der Waals surface area contributed by atoms with Crippen LogP contribution in [0.1, 0.15) is 42.4 Å². The lowest BCUT2D eigenvalue weighted by Crippen LogP contribution is -2.64. The molecule has 2 amide bonds. The van der Waals surface area contributed by atoms with Crippen molar-refractivity contribution >= 4 is 29.8 Å². The number of rotatable bonds is 17. The van der Waals surface area contributed by atoms with Crippen LogP contribution in [0.3, 0.4) is 0 Å². The van der Waals surface area contributed by atoms with E-state index >= 15 is 0 Å². The molecular formula is C40H42F3N3O10. The van der Waals surface area contributed by atoms with Gasteiger partial charge < -0.3 is 44.3 Å². The van der Waals surface area contributed by atoms with Gasteiger partial charge in [-0.05, 0) is 78.6 Å². The second-order valence-corrected chi connectivity index (χ2v) is 13.9. The maximum atomic E-state index is 14.9. The van der Waals surface area contributed by atoms with Crippen molar-refractivity contribution in [2.24, 2.45) is 0 Å². The molecule has 2 aliphatic heterocycles. The van der Waals surface area contributed by atoms with Gasteiger partial charge in [0, 0.05) is 43.4 Å². The van der Waals surface area contributed by atoms with Crippen molar-refractivity contribution in [1.82, 2.24) is 15.1 Å². The maximum Gasteiger partial charge on any atom is 0.337 e. The summed E-state index contributed by atoms with van der Waals surface area (Å²) in [4.78, 5) is 54.3. The molecule has 2 heterocycles. The third-order valence-corrected chi connectivity index (χ3v) is 10.1. The van der Waals surface area contributed by atoms with Gasteiger partial charge in [-0.3, -0.25) is 14.4 Å². The van der Waals surface area contributed by atoms with Crippen LogP contribution in [0, 0.1) is 17.5 Å². The summed E-state index contributed by atoms with van der Waals surface area (Å²) in [5, 5.41) is 23.0. The number of carbonyl (C=O) groups is 4. The van der Waals surface area contributed by atoms with Gasteiger partial charge in [-0.25, -0.2) is 13.6 Å². The number of carboxylic acid groups (broad SMARTS) is 1. The van der Waals surface area contributed by atoms with Crippen LogP contribution in [0.4, 0.5) is 13.2 Å². The number of halogens is 3. The SMILES string of the molecule is COc1cc(CN(C(=O)C2=C(c3ccc(CCCOc4c(F)ccc(F)c4F)cc3)C[C@@H]3CN(C(=O)[C@@H](OC=O)[C@H](O)C(=O)O)C[C@H]2N3)C2CC2)cc(OC)c1. The van der Waals surface area contributed by atoms with Gasteiger partial charge in [0.1, 0.15) is 11.5 Å². The second-order valence-electron chi connectivity index (χ2n) is 13.9. The van der Waals surface area contributed by atoms with Crippen LogP contribution in [-0.2, 0) is 36.9 Å². The molecule has 3 aromatic carbocycles. The fourth-order valence-electron chi connectivity index (χ4n) is 7.21. The zero-order valence-corrected chi connectivity index (χ0v) is 30.7. The van der Waals surface area contributed by atoms with Gasteiger partial charge in [-0.15, -0.1) is 0 Å². The third-order valence-electron chi connectivity index (χ3n) is 10.1. The Morgan fingerprint density at radius 3 is 2.27 bits per heavy atom. The zero-order chi connectivity index (χ0) is 40.1. The van der Waals surface area contributed by atoms with Crippen molar-refractivity contribution in [1.29, 1.82) is 0 Å². The fraction of sp³-hybridized carbons (Fsp3) is 0.400. The molecule has 13 nitrogen and oxygen atoms in total. The van der Waals surface area contributed by atoms with Gasteiger partial charge in [-0.2, -0.15) is 4.39 Å². The van der Waals surface area contributed by atoms with Crippen LogP contribution >= 0.6 is 0 Å². The average Bonchev–Trinajstić information content (AvgIpc) is 4.05. The first kappa shape index (κ1) is 40.1. The number of nitrogens with zero attached hydrogens (tertiary/aromatic N) is 2. The Labute approximate surface area is 320 Å². The number of amides is 2. The van der Waals surface area contributed by atoms with Gasteiger partial charge >= 0.3 is 5.97 Å². The third kappa shape index (κ3) is 8.92. The number of fused-ring (bicyclic) bond motifs is 2. The van der Waals surface area contributed by atoms with Crippen molar-refractivity contribution in [2.45, 2.75) is 69.0 Å². The Kier molecular flexibility index (Phi) is 12.5. The van der Waals surface area contributed by atoms with Crippen molar-refractivity contribution in [3.8, 4) is 17.2 Å². The molecule has 0 spiro atoms. The van der Waals surface area contributed by atoms with Crippen molar-refractivity contribution < 1.29 is 61.5 Å². The van der Waals surface area contributed by atoms with Crippen LogP contribution < -0.4 is 19.5 Å². The van der Waals surface area contributed by atoms with E-state index in [9.17, 15) is 42.6 Å². The van der Waals surface area contributed by atoms with E-state index in [4.69, 9.17) is 18.9 Å². The van der Waals surface area contributed by atoms with E-state index in [1.807, 2.05) is 36.4 Å². The molecule has 0 unspecified atom stereocenters. The first-order valence-electron chi connectivity index (χ1n) is 18.1. The van der Waals surface area contributed by atoms with E-state index in [0.717, 1.165) is 41.2 Å². The number of aliphatic hydroxyl groups excluding tert-OH is 1. The molecule has 0 aromatic heterocycles. The topological polar surface area (TPSA) is 164 Å². The van der Waals surface area contributed by atoms with E-state index in [0.29, 0.717) is 42.4 Å². The number of hydrogen-bond acceptors (Lipinski definition) is 10. The number of ether oxygens (including phenoxy) is 4. The monoisotopic (exact) mass is 781 g/mol. The minimum absolute atomic E-state index is 0.0532. The molecule has 56 heavy (non-hydrogen) atoms. The van der Waals surface area contributed by atoms with Gasteiger partial charge in [-0.1, -0.05) is 24.3 Å². The summed E-state index contributed by atoms with van der Waals surface area (Å²) in [7, 11) is 3.07. The molecule has 3 N–H and O–H groups in total. The minimum atomic E-state index is -2.30. The molecule has 6 rings (SSSR count). The number of carboxylic acids is 1. The maximum absolute atomic E-state index is 14.9. The van der Waals surface area contributed by atoms with Gasteiger partial charge in [0.25, 0.3) is 18.3 Å². The molecule has 1 aliphatic carbocycles. The highest BCUT2D eigenvalue weighted by atomic mass is 19.2. The Morgan fingerprint density at radius 2 is 1.64 bits per heavy atom. The van der Waals surface area contributed by atoms with E-state index in [-0.39, 0.29) is 50.7 Å². The standard InChI is InChI=1S/C40H42F3N3O10/c1-53-27-14-23(15-28(17-27)54-2)18-46(26-9-10-26)38(49)33-29(16-25-19-45(20-32(33)44-25)39(50)37(56-21-47)35(48)40(51)52)24-7-5-22(6-8-24)4-3-13-55-36-31(42)12-11-30(41)34(36)43/h5-8,11-12,14-15,17,21,25-26,32,35,37,44,48H,3-4,9-10,13,16,18-20H2,1-2H3,(H,51,52)/t25-,32-,35+,37+/m1/s1. The summed E-state index contributed by atoms with van der Waals surface area (Å²) in [6.45, 7) is 0.0715. The number of hydrogen-bond donors (Lipinski definition) is 3. The van der Waals surface area contributed by atoms with Crippen molar-refractivity contribution in [3.63, 3.8) is 0 Å². The van der Waals surface area contributed by atoms with E-state index in [1.165, 1.54) is 19.1 Å². The highest BCUT2D eigenvalue weighted by Crippen LogP contribution is 2.38. The number of carbonyl (C=O) groups excluding carboxylic acids is 3. The second kappa shape index (κ2) is 17.5. The molecule has 0 radical (unpaired) electrons. The summed E-state index contributed by atoms with van der Waals surface area (Å²) >= 11 is 0. The summed E-state index contributed by atoms with van der Waals surface area (Å²) in [6, 6.07) is 13.2. The predicted molar refractivity (Wildman–Crippen MR) is 193 cm³/mol. The predicted octanol–water partition coefficient (Wildman–Crippen LogP) is 3.64. The average molecular weight is 782 g/mol. The molecule has 1 saturated heterocycles. The molecule has 2 bridgehead atoms. The van der Waals surface area contributed by atoms with Crippen molar-refractivity contribution in [2.75, 3.05) is 33.9 Å². The Hall–Kier alpha value is -5.61. The number of aliphatic hydroxyl groups is 1. The first-order chi connectivity index (χ1) is 26.9. The summed E-state index contributed by atoms with van der Waals surface area (Å²) in [6.07, 6.45) is -1.57. The van der Waals surface area contributed by atoms with Crippen molar-refractivity contribution in [3.05, 3.63) is 94.3 Å². The van der Waals surface area contributed by atoms with Crippen LogP contribution in [0.2, 0.25) is 0 Å². The quantitative estimate of drug-likeness (QED) is 0.104. The Morgan fingerprint density at radius 1 is 0.964 bits per heavy atom. The van der Waals surface area contributed by atoms with Crippen LogP contribution in [0.25, 0.3) is 5.57 Å². The van der Waals surface area contributed by atoms with E-state index in [1.54, 1.807) is 11.0 Å². The lowest BCUT2D eigenvalue weighted by atomic mass is 9.82. The lowest BCUT2D eigenvalue weighted by molar-refractivity contribution is -0.170. The molecule has 4 atom stereocenters. The molecule has 2 fully saturated rings. The number of benzene rings is 3. The number of nitrogens with one attached hydrogen (secondary N) is 1. The zero-order valence-electron chi connectivity index (χ0n) is 30.7. The summed E-state index contributed by atoms with van der Waals surface area (Å²) in [5.41, 5.74) is 3.58. The molecule has 16 heteroatoms. The van der Waals surface area contributed by atoms with E-state index < -0.39 is 53.3 Å². The molecular weight excluding hydrogens is 739 g/mol. The highest BCUT2D eigenvalue weighted by Gasteiger charge is 2.46. The molecule has 1 saturated carbocycles. The van der Waals surface area contributed by atoms with Crippen LogP contribution in [-0.4, -0.2) is 109 Å². The first-order valence-corrected chi connectivity index (χ1v) is 18.1. The number of methoxy groups -OCH3 is 2. The minimum Gasteiger partial charge on any atom is -0.497 e. The van der Waals surface area contributed by atoms with Gasteiger partial charge in [0.05, 0.1) is 26.9 Å². The summed E-state index contributed by atoms with van der Waals surface area (Å²) < 4.78 is 62.4. The van der Waals surface area contributed by atoms with Gasteiger partial charge in [0.15, 0.2) is 23.5 Å². The Balaban J connectivity index is 1.28. The lowest BCUT2D eigenvalue weighted by Gasteiger charge is -2.45. The normalized spacial score (nSPS) is 18.8. The fourth-order valence-corrected chi connectivity index (χ4v) is 7.21. The smallest absolute Gasteiger partial charge is 0.337 e. The molecule has 298 valence electrons. The summed E-state index contributed by atoms with van der Waals surface area (Å²) in [5.74, 6) is -6.15. The number of aryl methyl sites for hydroxylation is 1. The number of piperazine rings is 1. The van der Waals surface area contributed by atoms with Crippen LogP contribution in [0.5, 0.6) is 17.2 Å². The largest absolute Gasteiger partial charge is 0.497 e. The number of aliphatic carboxylic acids is 1. The van der Waals surface area contributed by atoms with E-state index in [2.05, 4.69) is 5.32 Å². The Bertz CT molecular complexity index is 1970. The van der Waals surface area contributed by atoms with Crippen LogP contribution in [0.15, 0.2) is 60.2 Å². The molecule has 3 aromatic rings. The molecule has 3 aliphatic rings. The van der Waals surface area contributed by atoms with Gasteiger partial charge in [0.2, 0.25) is 11.9 Å².